The second-order valence-corrected chi connectivity index (χ2v) is 8.77. The molecule has 2 aliphatic rings. The molecule has 2 heterocycles. The zero-order chi connectivity index (χ0) is 21.5. The fraction of sp³-hybridized carbons (Fsp3) is 0.400. The average Bonchev–Trinajstić information content (AvgIpc) is 2.91. The SMILES string of the molecule is COc1cc(C=CC23NC(=O)CCN2c2ccccc2C3(C)C)ccc1OC(C)C. The molecule has 2 aromatic rings. The Bertz CT molecular complexity index is 996. The number of benzene rings is 2. The number of ether oxygens (including phenoxy) is 2. The minimum absolute atomic E-state index is 0.0722. The smallest absolute Gasteiger partial charge is 0.223 e. The molecule has 0 spiro atoms. The van der Waals surface area contributed by atoms with Gasteiger partial charge in [0, 0.05) is 24.1 Å². The van der Waals surface area contributed by atoms with Gasteiger partial charge in [0.05, 0.1) is 13.2 Å². The van der Waals surface area contributed by atoms with Gasteiger partial charge in [-0.2, -0.15) is 0 Å². The van der Waals surface area contributed by atoms with Crippen molar-refractivity contribution in [2.75, 3.05) is 18.6 Å². The van der Waals surface area contributed by atoms with Crippen molar-refractivity contribution < 1.29 is 14.3 Å². The van der Waals surface area contributed by atoms with Gasteiger partial charge in [0.1, 0.15) is 5.66 Å². The van der Waals surface area contributed by atoms with Crippen LogP contribution >= 0.6 is 0 Å². The van der Waals surface area contributed by atoms with Crippen LogP contribution in [0.3, 0.4) is 0 Å². The van der Waals surface area contributed by atoms with Crippen LogP contribution in [0.15, 0.2) is 48.5 Å². The quantitative estimate of drug-likeness (QED) is 0.794. The molecule has 4 rings (SSSR count). The van der Waals surface area contributed by atoms with Crippen molar-refractivity contribution in [1.29, 1.82) is 0 Å². The molecule has 1 unspecified atom stereocenters. The third kappa shape index (κ3) is 3.13. The predicted molar refractivity (Wildman–Crippen MR) is 120 cm³/mol. The summed E-state index contributed by atoms with van der Waals surface area (Å²) < 4.78 is 11.4. The lowest BCUT2D eigenvalue weighted by molar-refractivity contribution is -0.124. The number of rotatable bonds is 5. The molecule has 1 amide bonds. The Morgan fingerprint density at radius 1 is 1.13 bits per heavy atom. The highest BCUT2D eigenvalue weighted by Gasteiger charge is 2.57. The van der Waals surface area contributed by atoms with Gasteiger partial charge in [-0.25, -0.2) is 0 Å². The third-order valence-electron chi connectivity index (χ3n) is 6.21. The number of para-hydroxylation sites is 1. The summed E-state index contributed by atoms with van der Waals surface area (Å²) in [5.41, 5.74) is 2.51. The van der Waals surface area contributed by atoms with Crippen molar-refractivity contribution in [3.63, 3.8) is 0 Å². The van der Waals surface area contributed by atoms with Crippen LogP contribution in [0.1, 0.15) is 45.2 Å². The molecular formula is C25H30N2O3. The summed E-state index contributed by atoms with van der Waals surface area (Å²) in [5, 5.41) is 3.31. The first-order valence-electron chi connectivity index (χ1n) is 10.5. The third-order valence-corrected chi connectivity index (χ3v) is 6.21. The van der Waals surface area contributed by atoms with Gasteiger partial charge < -0.3 is 19.7 Å². The van der Waals surface area contributed by atoms with Crippen molar-refractivity contribution in [1.82, 2.24) is 5.32 Å². The standard InChI is InChI=1S/C25H30N2O3/c1-17(2)30-21-11-10-18(16-22(21)29-5)12-14-25-24(3,4)19-8-6-7-9-20(19)27(25)15-13-23(28)26-25/h6-12,14,16-17H,13,15H2,1-5H3,(H,26,28). The number of hydrogen-bond donors (Lipinski definition) is 1. The maximum Gasteiger partial charge on any atom is 0.223 e. The molecule has 30 heavy (non-hydrogen) atoms. The molecule has 1 atom stereocenters. The van der Waals surface area contributed by atoms with E-state index >= 15 is 0 Å². The lowest BCUT2D eigenvalue weighted by atomic mass is 9.74. The van der Waals surface area contributed by atoms with E-state index in [2.05, 4.69) is 60.5 Å². The zero-order valence-electron chi connectivity index (χ0n) is 18.4. The highest BCUT2D eigenvalue weighted by Crippen LogP contribution is 2.52. The van der Waals surface area contributed by atoms with Crippen molar-refractivity contribution >= 4 is 17.7 Å². The van der Waals surface area contributed by atoms with E-state index in [4.69, 9.17) is 9.47 Å². The molecule has 5 heteroatoms. The van der Waals surface area contributed by atoms with E-state index in [0.717, 1.165) is 11.3 Å². The fourth-order valence-electron chi connectivity index (χ4n) is 4.68. The summed E-state index contributed by atoms with van der Waals surface area (Å²) in [6, 6.07) is 14.3. The molecule has 1 N–H and O–H groups in total. The van der Waals surface area contributed by atoms with Crippen LogP contribution in [0.25, 0.3) is 6.08 Å². The highest BCUT2D eigenvalue weighted by molar-refractivity contribution is 5.84. The average molecular weight is 407 g/mol. The van der Waals surface area contributed by atoms with Gasteiger partial charge >= 0.3 is 0 Å². The Labute approximate surface area is 178 Å². The van der Waals surface area contributed by atoms with Crippen LogP contribution in [0.2, 0.25) is 0 Å². The molecule has 1 fully saturated rings. The maximum atomic E-state index is 12.5. The normalized spacial score (nSPS) is 22.1. The Morgan fingerprint density at radius 2 is 1.90 bits per heavy atom. The van der Waals surface area contributed by atoms with E-state index in [1.165, 1.54) is 11.3 Å². The first-order chi connectivity index (χ1) is 14.3. The summed E-state index contributed by atoms with van der Waals surface area (Å²) >= 11 is 0. The fourth-order valence-corrected chi connectivity index (χ4v) is 4.68. The number of fused-ring (bicyclic) bond motifs is 3. The van der Waals surface area contributed by atoms with Gasteiger partial charge in [0.15, 0.2) is 11.5 Å². The summed E-state index contributed by atoms with van der Waals surface area (Å²) in [7, 11) is 1.65. The van der Waals surface area contributed by atoms with Crippen LogP contribution in [0, 0.1) is 0 Å². The molecule has 0 aliphatic carbocycles. The number of methoxy groups -OCH3 is 1. The molecule has 1 saturated heterocycles. The molecule has 0 radical (unpaired) electrons. The second-order valence-electron chi connectivity index (χ2n) is 8.77. The molecule has 0 aromatic heterocycles. The van der Waals surface area contributed by atoms with E-state index in [1.807, 2.05) is 32.0 Å². The second kappa shape index (κ2) is 7.38. The zero-order valence-corrected chi connectivity index (χ0v) is 18.4. The topological polar surface area (TPSA) is 50.8 Å². The number of nitrogens with zero attached hydrogens (tertiary/aromatic N) is 1. The molecule has 2 aliphatic heterocycles. The van der Waals surface area contributed by atoms with Crippen molar-refractivity contribution in [3.05, 3.63) is 59.7 Å². The highest BCUT2D eigenvalue weighted by atomic mass is 16.5. The summed E-state index contributed by atoms with van der Waals surface area (Å²) in [6.45, 7) is 9.07. The maximum absolute atomic E-state index is 12.5. The molecule has 2 aromatic carbocycles. The van der Waals surface area contributed by atoms with Gasteiger partial charge in [0.2, 0.25) is 5.91 Å². The Kier molecular flexibility index (Phi) is 5.00. The number of hydrogen-bond acceptors (Lipinski definition) is 4. The van der Waals surface area contributed by atoms with E-state index in [1.54, 1.807) is 7.11 Å². The van der Waals surface area contributed by atoms with E-state index in [-0.39, 0.29) is 17.4 Å². The Balaban J connectivity index is 1.75. The lowest BCUT2D eigenvalue weighted by Gasteiger charge is -2.49. The number of carbonyl (C=O) groups excluding carboxylic acids is 1. The van der Waals surface area contributed by atoms with Crippen LogP contribution < -0.4 is 19.7 Å². The van der Waals surface area contributed by atoms with Gasteiger partial charge in [-0.15, -0.1) is 0 Å². The first-order valence-corrected chi connectivity index (χ1v) is 10.5. The molecule has 0 saturated carbocycles. The van der Waals surface area contributed by atoms with Crippen molar-refractivity contribution in [3.8, 4) is 11.5 Å². The molecule has 5 nitrogen and oxygen atoms in total. The van der Waals surface area contributed by atoms with Crippen LogP contribution in [-0.4, -0.2) is 31.3 Å². The van der Waals surface area contributed by atoms with E-state index in [9.17, 15) is 4.79 Å². The largest absolute Gasteiger partial charge is 0.493 e. The van der Waals surface area contributed by atoms with Gasteiger partial charge in [-0.3, -0.25) is 4.79 Å². The van der Waals surface area contributed by atoms with E-state index < -0.39 is 5.66 Å². The molecular weight excluding hydrogens is 376 g/mol. The number of anilines is 1. The summed E-state index contributed by atoms with van der Waals surface area (Å²) in [5.74, 6) is 1.50. The number of carbonyl (C=O) groups is 1. The van der Waals surface area contributed by atoms with Crippen LogP contribution in [-0.2, 0) is 10.2 Å². The summed E-state index contributed by atoms with van der Waals surface area (Å²) in [6.07, 6.45) is 4.76. The minimum atomic E-state index is -0.619. The summed E-state index contributed by atoms with van der Waals surface area (Å²) in [4.78, 5) is 14.8. The minimum Gasteiger partial charge on any atom is -0.493 e. The van der Waals surface area contributed by atoms with Crippen LogP contribution in [0.4, 0.5) is 5.69 Å². The predicted octanol–water partition coefficient (Wildman–Crippen LogP) is 4.51. The van der Waals surface area contributed by atoms with Gasteiger partial charge in [-0.05, 0) is 49.2 Å². The van der Waals surface area contributed by atoms with E-state index in [0.29, 0.717) is 18.7 Å². The first kappa shape index (κ1) is 20.3. The molecule has 0 bridgehead atoms. The van der Waals surface area contributed by atoms with Crippen LogP contribution in [0.5, 0.6) is 11.5 Å². The Morgan fingerprint density at radius 3 is 2.63 bits per heavy atom. The van der Waals surface area contributed by atoms with Crippen molar-refractivity contribution in [2.24, 2.45) is 0 Å². The van der Waals surface area contributed by atoms with Gasteiger partial charge in [-0.1, -0.05) is 44.2 Å². The number of amides is 1. The Hall–Kier alpha value is -2.95. The monoisotopic (exact) mass is 406 g/mol. The van der Waals surface area contributed by atoms with Crippen molar-refractivity contribution in [2.45, 2.75) is 51.3 Å². The number of nitrogens with one attached hydrogen (secondary N) is 1. The van der Waals surface area contributed by atoms with Gasteiger partial charge in [0.25, 0.3) is 0 Å². The lowest BCUT2D eigenvalue weighted by Crippen LogP contribution is -2.68. The molecule has 158 valence electrons.